The van der Waals surface area contributed by atoms with Crippen LogP contribution in [-0.4, -0.2) is 11.0 Å². The lowest BCUT2D eigenvalue weighted by Crippen LogP contribution is -1.97. The highest BCUT2D eigenvalue weighted by Gasteiger charge is 2.04. The van der Waals surface area contributed by atoms with Gasteiger partial charge in [-0.3, -0.25) is 0 Å². The Balaban J connectivity index is 2.68. The number of aliphatic hydroxyl groups is 1. The predicted octanol–water partition coefficient (Wildman–Crippen LogP) is 2.66. The number of hydrogen-bond acceptors (Lipinski definition) is 1. The zero-order valence-electron chi connectivity index (χ0n) is 7.13. The standard InChI is InChI=1S/C10H13ClO/c1-8-2-4-9(5-3-8)10(12)6-7-11/h2-5,10,12H,6-7H2,1H3. The van der Waals surface area contributed by atoms with Crippen molar-refractivity contribution in [2.45, 2.75) is 19.4 Å². The Hall–Kier alpha value is -0.530. The van der Waals surface area contributed by atoms with Crippen LogP contribution in [0.25, 0.3) is 0 Å². The molecule has 0 spiro atoms. The molecule has 1 aromatic carbocycles. The van der Waals surface area contributed by atoms with E-state index in [1.807, 2.05) is 31.2 Å². The number of benzene rings is 1. The van der Waals surface area contributed by atoms with Gasteiger partial charge in [-0.15, -0.1) is 11.6 Å². The fourth-order valence-electron chi connectivity index (χ4n) is 1.06. The Morgan fingerprint density at radius 1 is 1.33 bits per heavy atom. The van der Waals surface area contributed by atoms with Crippen LogP contribution in [-0.2, 0) is 0 Å². The molecule has 0 amide bonds. The predicted molar refractivity (Wildman–Crippen MR) is 51.5 cm³/mol. The summed E-state index contributed by atoms with van der Waals surface area (Å²) < 4.78 is 0. The van der Waals surface area contributed by atoms with E-state index in [-0.39, 0.29) is 0 Å². The third kappa shape index (κ3) is 2.50. The van der Waals surface area contributed by atoms with Crippen molar-refractivity contribution in [3.63, 3.8) is 0 Å². The quantitative estimate of drug-likeness (QED) is 0.717. The van der Waals surface area contributed by atoms with Gasteiger partial charge in [-0.1, -0.05) is 29.8 Å². The fraction of sp³-hybridized carbons (Fsp3) is 0.400. The van der Waals surface area contributed by atoms with Crippen molar-refractivity contribution >= 4 is 11.6 Å². The van der Waals surface area contributed by atoms with Crippen LogP contribution in [0.2, 0.25) is 0 Å². The van der Waals surface area contributed by atoms with E-state index in [4.69, 9.17) is 11.6 Å². The highest BCUT2D eigenvalue weighted by molar-refractivity contribution is 6.17. The van der Waals surface area contributed by atoms with Crippen molar-refractivity contribution in [3.05, 3.63) is 35.4 Å². The first-order valence-electron chi connectivity index (χ1n) is 4.04. The molecule has 0 bridgehead atoms. The van der Waals surface area contributed by atoms with Gasteiger partial charge in [-0.05, 0) is 18.9 Å². The molecule has 0 heterocycles. The maximum Gasteiger partial charge on any atom is 0.0801 e. The van der Waals surface area contributed by atoms with Crippen LogP contribution < -0.4 is 0 Å². The summed E-state index contributed by atoms with van der Waals surface area (Å²) >= 11 is 5.52. The number of hydrogen-bond donors (Lipinski definition) is 1. The van der Waals surface area contributed by atoms with Crippen molar-refractivity contribution in [1.29, 1.82) is 0 Å². The lowest BCUT2D eigenvalue weighted by molar-refractivity contribution is 0.174. The molecule has 1 atom stereocenters. The molecular weight excluding hydrogens is 172 g/mol. The van der Waals surface area contributed by atoms with Crippen LogP contribution >= 0.6 is 11.6 Å². The van der Waals surface area contributed by atoms with E-state index in [1.54, 1.807) is 0 Å². The molecule has 0 aliphatic heterocycles. The SMILES string of the molecule is Cc1ccc(C(O)CCCl)cc1. The molecule has 1 rings (SSSR count). The summed E-state index contributed by atoms with van der Waals surface area (Å²) in [5.41, 5.74) is 2.15. The van der Waals surface area contributed by atoms with Gasteiger partial charge in [-0.25, -0.2) is 0 Å². The second kappa shape index (κ2) is 4.48. The number of rotatable bonds is 3. The van der Waals surface area contributed by atoms with Crippen LogP contribution in [0, 0.1) is 6.92 Å². The molecule has 1 N–H and O–H groups in total. The monoisotopic (exact) mass is 184 g/mol. The van der Waals surface area contributed by atoms with Gasteiger partial charge in [-0.2, -0.15) is 0 Å². The van der Waals surface area contributed by atoms with Gasteiger partial charge < -0.3 is 5.11 Å². The van der Waals surface area contributed by atoms with E-state index in [1.165, 1.54) is 5.56 Å². The van der Waals surface area contributed by atoms with Crippen LogP contribution in [0.1, 0.15) is 23.7 Å². The first-order valence-corrected chi connectivity index (χ1v) is 4.58. The van der Waals surface area contributed by atoms with Gasteiger partial charge in [0, 0.05) is 5.88 Å². The summed E-state index contributed by atoms with van der Waals surface area (Å²) in [6.07, 6.45) is 0.202. The molecule has 1 nitrogen and oxygen atoms in total. The Morgan fingerprint density at radius 2 is 1.92 bits per heavy atom. The Kier molecular flexibility index (Phi) is 3.57. The van der Waals surface area contributed by atoms with Crippen LogP contribution in [0.15, 0.2) is 24.3 Å². The summed E-state index contributed by atoms with van der Waals surface area (Å²) in [6.45, 7) is 2.03. The third-order valence-corrected chi connectivity index (χ3v) is 2.06. The third-order valence-electron chi connectivity index (χ3n) is 1.84. The van der Waals surface area contributed by atoms with E-state index >= 15 is 0 Å². The van der Waals surface area contributed by atoms with Gasteiger partial charge in [0.25, 0.3) is 0 Å². The zero-order chi connectivity index (χ0) is 8.97. The normalized spacial score (nSPS) is 12.9. The summed E-state index contributed by atoms with van der Waals surface area (Å²) in [7, 11) is 0. The van der Waals surface area contributed by atoms with Crippen LogP contribution in [0.4, 0.5) is 0 Å². The first-order chi connectivity index (χ1) is 5.74. The molecule has 0 aromatic heterocycles. The Labute approximate surface area is 78.0 Å². The average Bonchev–Trinajstić information content (AvgIpc) is 2.06. The van der Waals surface area contributed by atoms with Crippen LogP contribution in [0.3, 0.4) is 0 Å². The largest absolute Gasteiger partial charge is 0.388 e. The van der Waals surface area contributed by atoms with E-state index in [0.717, 1.165) is 5.56 Å². The molecule has 12 heavy (non-hydrogen) atoms. The van der Waals surface area contributed by atoms with Crippen LogP contribution in [0.5, 0.6) is 0 Å². The lowest BCUT2D eigenvalue weighted by Gasteiger charge is -2.08. The first kappa shape index (κ1) is 9.56. The van der Waals surface area contributed by atoms with Crippen molar-refractivity contribution in [2.75, 3.05) is 5.88 Å². The van der Waals surface area contributed by atoms with E-state index < -0.39 is 6.10 Å². The molecule has 0 saturated heterocycles. The van der Waals surface area contributed by atoms with Gasteiger partial charge >= 0.3 is 0 Å². The number of aryl methyl sites for hydroxylation is 1. The average molecular weight is 185 g/mol. The molecule has 0 radical (unpaired) electrons. The summed E-state index contributed by atoms with van der Waals surface area (Å²) in [5.74, 6) is 0.495. The summed E-state index contributed by atoms with van der Waals surface area (Å²) in [6, 6.07) is 7.86. The maximum absolute atomic E-state index is 9.53. The molecule has 66 valence electrons. The van der Waals surface area contributed by atoms with Gasteiger partial charge in [0.05, 0.1) is 6.10 Å². The minimum atomic E-state index is -0.414. The molecule has 0 aliphatic carbocycles. The Bertz CT molecular complexity index is 230. The second-order valence-corrected chi connectivity index (χ2v) is 3.28. The highest BCUT2D eigenvalue weighted by atomic mass is 35.5. The van der Waals surface area contributed by atoms with Crippen molar-refractivity contribution in [2.24, 2.45) is 0 Å². The topological polar surface area (TPSA) is 20.2 Å². The van der Waals surface area contributed by atoms with Crippen molar-refractivity contribution in [3.8, 4) is 0 Å². The van der Waals surface area contributed by atoms with Gasteiger partial charge in [0.2, 0.25) is 0 Å². The molecule has 1 aromatic rings. The zero-order valence-corrected chi connectivity index (χ0v) is 7.88. The second-order valence-electron chi connectivity index (χ2n) is 2.90. The van der Waals surface area contributed by atoms with Crippen molar-refractivity contribution in [1.82, 2.24) is 0 Å². The molecule has 2 heteroatoms. The van der Waals surface area contributed by atoms with Gasteiger partial charge in [0.15, 0.2) is 0 Å². The minimum Gasteiger partial charge on any atom is -0.388 e. The smallest absolute Gasteiger partial charge is 0.0801 e. The molecule has 0 saturated carbocycles. The minimum absolute atomic E-state index is 0.414. The fourth-order valence-corrected chi connectivity index (χ4v) is 1.27. The number of alkyl halides is 1. The number of halogens is 1. The molecule has 0 fully saturated rings. The van der Waals surface area contributed by atoms with Gasteiger partial charge in [0.1, 0.15) is 0 Å². The highest BCUT2D eigenvalue weighted by Crippen LogP contribution is 2.17. The molecular formula is C10H13ClO. The van der Waals surface area contributed by atoms with Crippen molar-refractivity contribution < 1.29 is 5.11 Å². The lowest BCUT2D eigenvalue weighted by atomic mass is 10.1. The molecule has 0 aliphatic rings. The van der Waals surface area contributed by atoms with E-state index in [2.05, 4.69) is 0 Å². The van der Waals surface area contributed by atoms with E-state index in [9.17, 15) is 5.11 Å². The summed E-state index contributed by atoms with van der Waals surface area (Å²) in [4.78, 5) is 0. The number of aliphatic hydroxyl groups excluding tert-OH is 1. The maximum atomic E-state index is 9.53. The molecule has 1 unspecified atom stereocenters. The van der Waals surface area contributed by atoms with E-state index in [0.29, 0.717) is 12.3 Å². The summed E-state index contributed by atoms with van der Waals surface area (Å²) in [5, 5.41) is 9.53. The Morgan fingerprint density at radius 3 is 2.42 bits per heavy atom.